The van der Waals surface area contributed by atoms with E-state index in [0.29, 0.717) is 25.2 Å². The first-order valence-electron chi connectivity index (χ1n) is 10.3. The Hall–Kier alpha value is -3.78. The zero-order valence-corrected chi connectivity index (χ0v) is 18.4. The van der Waals surface area contributed by atoms with Crippen molar-refractivity contribution in [2.45, 2.75) is 26.6 Å². The Balaban J connectivity index is 1.33. The van der Waals surface area contributed by atoms with E-state index in [-0.39, 0.29) is 5.91 Å². The van der Waals surface area contributed by atoms with Gasteiger partial charge in [0, 0.05) is 29.5 Å². The normalized spacial score (nSPS) is 11.2. The lowest BCUT2D eigenvalue weighted by Crippen LogP contribution is -2.23. The van der Waals surface area contributed by atoms with Crippen LogP contribution in [0.25, 0.3) is 11.0 Å². The van der Waals surface area contributed by atoms with E-state index in [1.54, 1.807) is 23.7 Å². The van der Waals surface area contributed by atoms with Crippen molar-refractivity contribution in [3.63, 3.8) is 0 Å². The van der Waals surface area contributed by atoms with Crippen molar-refractivity contribution < 1.29 is 4.79 Å². The van der Waals surface area contributed by atoms with E-state index in [2.05, 4.69) is 38.7 Å². The molecule has 5 aromatic rings. The van der Waals surface area contributed by atoms with Gasteiger partial charge in [0.1, 0.15) is 0 Å². The first-order chi connectivity index (χ1) is 15.7. The molecule has 0 saturated carbocycles. The Morgan fingerprint density at radius 2 is 1.97 bits per heavy atom. The van der Waals surface area contributed by atoms with Gasteiger partial charge < -0.3 is 5.32 Å². The van der Waals surface area contributed by atoms with Gasteiger partial charge in [-0.25, -0.2) is 9.67 Å². The van der Waals surface area contributed by atoms with Crippen molar-refractivity contribution in [3.8, 4) is 0 Å². The standard InChI is InChI=1S/C24H22N6OS/c1-17-11-21(22-14-27-30(23(22)28-17)16-20-7-3-10-32-20)24(31)25-13-18-5-2-6-19(12-18)15-29-9-4-8-26-29/h2-12,14H,13,15-16H2,1H3,(H,25,31). The second-order valence-electron chi connectivity index (χ2n) is 7.64. The quantitative estimate of drug-likeness (QED) is 0.413. The Bertz CT molecular complexity index is 1350. The summed E-state index contributed by atoms with van der Waals surface area (Å²) in [5.41, 5.74) is 4.29. The number of hydrogen-bond donors (Lipinski definition) is 1. The molecule has 1 aromatic carbocycles. The summed E-state index contributed by atoms with van der Waals surface area (Å²) in [6.07, 6.45) is 5.43. The van der Waals surface area contributed by atoms with Gasteiger partial charge in [-0.1, -0.05) is 30.3 Å². The Labute approximate surface area is 189 Å². The third-order valence-corrected chi connectivity index (χ3v) is 6.08. The second-order valence-corrected chi connectivity index (χ2v) is 8.67. The number of aromatic nitrogens is 5. The van der Waals surface area contributed by atoms with Crippen LogP contribution >= 0.6 is 11.3 Å². The van der Waals surface area contributed by atoms with E-state index < -0.39 is 0 Å². The van der Waals surface area contributed by atoms with Crippen molar-refractivity contribution >= 4 is 28.3 Å². The number of pyridine rings is 1. The van der Waals surface area contributed by atoms with Crippen LogP contribution in [0.3, 0.4) is 0 Å². The highest BCUT2D eigenvalue weighted by Gasteiger charge is 2.16. The van der Waals surface area contributed by atoms with Gasteiger partial charge in [-0.2, -0.15) is 10.2 Å². The molecule has 0 aliphatic carbocycles. The van der Waals surface area contributed by atoms with E-state index in [1.165, 1.54) is 4.88 Å². The maximum absolute atomic E-state index is 13.1. The lowest BCUT2D eigenvalue weighted by atomic mass is 10.1. The number of rotatable bonds is 7. The van der Waals surface area contributed by atoms with Gasteiger partial charge in [0.05, 0.1) is 30.2 Å². The molecule has 4 aromatic heterocycles. The Morgan fingerprint density at radius 3 is 2.78 bits per heavy atom. The Morgan fingerprint density at radius 1 is 1.06 bits per heavy atom. The molecule has 4 heterocycles. The summed E-state index contributed by atoms with van der Waals surface area (Å²) in [7, 11) is 0. The summed E-state index contributed by atoms with van der Waals surface area (Å²) in [4.78, 5) is 18.9. The van der Waals surface area contributed by atoms with Gasteiger partial charge in [-0.05, 0) is 41.6 Å². The van der Waals surface area contributed by atoms with Gasteiger partial charge >= 0.3 is 0 Å². The molecule has 0 unspecified atom stereocenters. The summed E-state index contributed by atoms with van der Waals surface area (Å²) >= 11 is 1.68. The maximum atomic E-state index is 13.1. The van der Waals surface area contributed by atoms with E-state index in [0.717, 1.165) is 27.9 Å². The molecule has 0 spiro atoms. The van der Waals surface area contributed by atoms with Gasteiger partial charge in [0.2, 0.25) is 0 Å². The van der Waals surface area contributed by atoms with Crippen molar-refractivity contribution in [3.05, 3.63) is 99.8 Å². The number of carbonyl (C=O) groups is 1. The van der Waals surface area contributed by atoms with Crippen LogP contribution in [0.5, 0.6) is 0 Å². The number of benzene rings is 1. The summed E-state index contributed by atoms with van der Waals surface area (Å²) in [5.74, 6) is -0.131. The summed E-state index contributed by atoms with van der Waals surface area (Å²) in [6.45, 7) is 3.68. The molecule has 7 nitrogen and oxygen atoms in total. The Kier molecular flexibility index (Phi) is 5.51. The smallest absolute Gasteiger partial charge is 0.252 e. The molecule has 5 rings (SSSR count). The minimum Gasteiger partial charge on any atom is -0.348 e. The average Bonchev–Trinajstić information content (AvgIpc) is 3.56. The molecule has 0 saturated heterocycles. The lowest BCUT2D eigenvalue weighted by Gasteiger charge is -2.09. The fourth-order valence-corrected chi connectivity index (χ4v) is 4.41. The molecule has 8 heteroatoms. The predicted molar refractivity (Wildman–Crippen MR) is 125 cm³/mol. The van der Waals surface area contributed by atoms with Crippen molar-refractivity contribution in [2.75, 3.05) is 0 Å². The first kappa shape index (κ1) is 20.1. The average molecular weight is 443 g/mol. The minimum atomic E-state index is -0.131. The number of hydrogen-bond acceptors (Lipinski definition) is 5. The fourth-order valence-electron chi connectivity index (χ4n) is 3.72. The third kappa shape index (κ3) is 4.31. The number of fused-ring (bicyclic) bond motifs is 1. The molecule has 0 fully saturated rings. The molecule has 1 N–H and O–H groups in total. The molecule has 0 aliphatic heterocycles. The number of aryl methyl sites for hydroxylation is 1. The van der Waals surface area contributed by atoms with Crippen LogP contribution in [0, 0.1) is 6.92 Å². The van der Waals surface area contributed by atoms with Crippen LogP contribution in [0.1, 0.15) is 32.1 Å². The van der Waals surface area contributed by atoms with Crippen LogP contribution < -0.4 is 5.32 Å². The van der Waals surface area contributed by atoms with Gasteiger partial charge in [-0.15, -0.1) is 11.3 Å². The van der Waals surface area contributed by atoms with Crippen molar-refractivity contribution in [1.29, 1.82) is 0 Å². The largest absolute Gasteiger partial charge is 0.348 e. The molecule has 0 bridgehead atoms. The topological polar surface area (TPSA) is 77.6 Å². The van der Waals surface area contributed by atoms with E-state index >= 15 is 0 Å². The van der Waals surface area contributed by atoms with Crippen LogP contribution in [0.2, 0.25) is 0 Å². The minimum absolute atomic E-state index is 0.131. The molecule has 32 heavy (non-hydrogen) atoms. The zero-order valence-electron chi connectivity index (χ0n) is 17.6. The van der Waals surface area contributed by atoms with Gasteiger partial charge in [0.25, 0.3) is 5.91 Å². The van der Waals surface area contributed by atoms with Crippen LogP contribution in [-0.4, -0.2) is 30.5 Å². The molecule has 0 radical (unpaired) electrons. The summed E-state index contributed by atoms with van der Waals surface area (Å²) in [6, 6.07) is 16.0. The highest BCUT2D eigenvalue weighted by molar-refractivity contribution is 7.09. The van der Waals surface area contributed by atoms with E-state index in [9.17, 15) is 4.79 Å². The summed E-state index contributed by atoms with van der Waals surface area (Å²) < 4.78 is 3.73. The van der Waals surface area contributed by atoms with Crippen LogP contribution in [0.15, 0.2) is 72.5 Å². The summed E-state index contributed by atoms with van der Waals surface area (Å²) in [5, 5.41) is 14.6. The third-order valence-electron chi connectivity index (χ3n) is 5.22. The van der Waals surface area contributed by atoms with E-state index in [4.69, 9.17) is 0 Å². The highest BCUT2D eigenvalue weighted by Crippen LogP contribution is 2.20. The molecular weight excluding hydrogens is 420 g/mol. The van der Waals surface area contributed by atoms with Crippen LogP contribution in [-0.2, 0) is 19.6 Å². The monoisotopic (exact) mass is 442 g/mol. The SMILES string of the molecule is Cc1cc(C(=O)NCc2cccc(Cn3cccn3)c2)c2cnn(Cc3cccs3)c2n1. The number of nitrogens with zero attached hydrogens (tertiary/aromatic N) is 5. The van der Waals surface area contributed by atoms with Crippen molar-refractivity contribution in [1.82, 2.24) is 29.9 Å². The number of thiophene rings is 1. The van der Waals surface area contributed by atoms with E-state index in [1.807, 2.05) is 58.2 Å². The number of amides is 1. The second kappa shape index (κ2) is 8.76. The maximum Gasteiger partial charge on any atom is 0.252 e. The molecule has 0 aliphatic rings. The van der Waals surface area contributed by atoms with Crippen LogP contribution in [0.4, 0.5) is 0 Å². The van der Waals surface area contributed by atoms with Crippen molar-refractivity contribution in [2.24, 2.45) is 0 Å². The molecular formula is C24H22N6OS. The number of nitrogens with one attached hydrogen (secondary N) is 1. The molecule has 0 atom stereocenters. The highest BCUT2D eigenvalue weighted by atomic mass is 32.1. The lowest BCUT2D eigenvalue weighted by molar-refractivity contribution is 0.0952. The zero-order chi connectivity index (χ0) is 21.9. The molecule has 160 valence electrons. The fraction of sp³-hybridized carbons (Fsp3) is 0.167. The molecule has 1 amide bonds. The number of carbonyl (C=O) groups excluding carboxylic acids is 1. The van der Waals surface area contributed by atoms with Gasteiger partial charge in [-0.3, -0.25) is 9.48 Å². The first-order valence-corrected chi connectivity index (χ1v) is 11.2. The van der Waals surface area contributed by atoms with Gasteiger partial charge in [0.15, 0.2) is 5.65 Å². The predicted octanol–water partition coefficient (Wildman–Crippen LogP) is 4.02.